The maximum Gasteiger partial charge on any atom is 0.313 e. The van der Waals surface area contributed by atoms with Gasteiger partial charge in [0, 0.05) is 22.5 Å². The number of aromatic hydroxyl groups is 1. The van der Waals surface area contributed by atoms with Crippen LogP contribution in [0.15, 0.2) is 66.7 Å². The Bertz CT molecular complexity index is 954. The van der Waals surface area contributed by atoms with E-state index in [0.29, 0.717) is 16.5 Å². The lowest BCUT2D eigenvalue weighted by Gasteiger charge is -2.14. The number of hydrogen-bond donors (Lipinski definition) is 3. The zero-order chi connectivity index (χ0) is 19.2. The summed E-state index contributed by atoms with van der Waals surface area (Å²) in [4.78, 5) is 24.5. The van der Waals surface area contributed by atoms with Crippen LogP contribution in [-0.2, 0) is 16.0 Å². The normalized spacial score (nSPS) is 11.7. The van der Waals surface area contributed by atoms with Crippen molar-refractivity contribution >= 4 is 28.3 Å². The number of anilines is 1. The molecule has 27 heavy (non-hydrogen) atoms. The number of phenolic OH excluding ortho intramolecular Hbond substituents is 1. The molecule has 0 bridgehead atoms. The van der Waals surface area contributed by atoms with Gasteiger partial charge in [0.2, 0.25) is 0 Å². The number of amides is 2. The number of hydrogen-bond acceptors (Lipinski definition) is 3. The number of carbonyl (C=O) groups excluding carboxylic acids is 2. The first-order valence-corrected chi connectivity index (χ1v) is 8.91. The Labute approximate surface area is 158 Å². The molecule has 0 aromatic heterocycles. The summed E-state index contributed by atoms with van der Waals surface area (Å²) in [5.41, 5.74) is 1.68. The van der Waals surface area contributed by atoms with Gasteiger partial charge >= 0.3 is 11.8 Å². The molecule has 0 fully saturated rings. The highest BCUT2D eigenvalue weighted by atomic mass is 16.3. The average Bonchev–Trinajstić information content (AvgIpc) is 2.68. The van der Waals surface area contributed by atoms with E-state index >= 15 is 0 Å². The minimum atomic E-state index is -0.725. The summed E-state index contributed by atoms with van der Waals surface area (Å²) >= 11 is 0. The van der Waals surface area contributed by atoms with E-state index in [4.69, 9.17) is 0 Å². The Kier molecular flexibility index (Phi) is 5.71. The number of aryl methyl sites for hydroxylation is 1. The molecule has 1 unspecified atom stereocenters. The van der Waals surface area contributed by atoms with Crippen LogP contribution in [0.25, 0.3) is 10.8 Å². The summed E-state index contributed by atoms with van der Waals surface area (Å²) < 4.78 is 0. The molecule has 5 nitrogen and oxygen atoms in total. The molecule has 3 rings (SSSR count). The molecule has 0 aliphatic heterocycles. The second-order valence-electron chi connectivity index (χ2n) is 6.53. The van der Waals surface area contributed by atoms with Gasteiger partial charge in [-0.15, -0.1) is 0 Å². The van der Waals surface area contributed by atoms with Crippen LogP contribution in [-0.4, -0.2) is 23.0 Å². The van der Waals surface area contributed by atoms with Crippen LogP contribution in [0.1, 0.15) is 18.9 Å². The summed E-state index contributed by atoms with van der Waals surface area (Å²) in [6, 6.07) is 20.1. The number of carbonyl (C=O) groups is 2. The highest BCUT2D eigenvalue weighted by Gasteiger charge is 2.17. The Hall–Kier alpha value is -3.34. The molecule has 5 heteroatoms. The summed E-state index contributed by atoms with van der Waals surface area (Å²) in [6.07, 6.45) is 1.57. The number of rotatable bonds is 5. The van der Waals surface area contributed by atoms with Crippen LogP contribution in [0.3, 0.4) is 0 Å². The van der Waals surface area contributed by atoms with E-state index in [1.54, 1.807) is 36.4 Å². The predicted octanol–water partition coefficient (Wildman–Crippen LogP) is 3.62. The lowest BCUT2D eigenvalue weighted by atomic mass is 10.1. The number of benzene rings is 3. The first-order valence-electron chi connectivity index (χ1n) is 8.91. The number of phenols is 1. The molecule has 2 amide bonds. The lowest BCUT2D eigenvalue weighted by molar-refractivity contribution is -0.136. The van der Waals surface area contributed by atoms with Gasteiger partial charge in [-0.3, -0.25) is 9.59 Å². The fourth-order valence-electron chi connectivity index (χ4n) is 2.97. The highest BCUT2D eigenvalue weighted by Crippen LogP contribution is 2.29. The fourth-order valence-corrected chi connectivity index (χ4v) is 2.97. The van der Waals surface area contributed by atoms with Crippen LogP contribution in [0, 0.1) is 0 Å². The zero-order valence-electron chi connectivity index (χ0n) is 15.1. The van der Waals surface area contributed by atoms with Gasteiger partial charge in [0.25, 0.3) is 0 Å². The highest BCUT2D eigenvalue weighted by molar-refractivity contribution is 6.40. The van der Waals surface area contributed by atoms with Crippen LogP contribution in [0.5, 0.6) is 5.75 Å². The third kappa shape index (κ3) is 4.64. The third-order valence-electron chi connectivity index (χ3n) is 4.44. The standard InChI is InChI=1S/C22H22N2O3/c1-15(13-14-16-7-3-2-4-8-16)23-21(26)22(27)24-19-11-5-10-18-17(19)9-6-12-20(18)25/h2-12,15,25H,13-14H2,1H3,(H,23,26)(H,24,27). The molecule has 0 heterocycles. The van der Waals surface area contributed by atoms with E-state index in [9.17, 15) is 14.7 Å². The molecule has 0 aliphatic carbocycles. The molecule has 0 saturated carbocycles. The molecule has 138 valence electrons. The third-order valence-corrected chi connectivity index (χ3v) is 4.44. The largest absolute Gasteiger partial charge is 0.507 e. The Morgan fingerprint density at radius 2 is 1.59 bits per heavy atom. The first kappa shape index (κ1) is 18.5. The van der Waals surface area contributed by atoms with Gasteiger partial charge in [-0.25, -0.2) is 0 Å². The van der Waals surface area contributed by atoms with Crippen molar-refractivity contribution in [3.8, 4) is 5.75 Å². The van der Waals surface area contributed by atoms with E-state index in [-0.39, 0.29) is 11.8 Å². The molecule has 0 saturated heterocycles. The lowest BCUT2D eigenvalue weighted by Crippen LogP contribution is -2.40. The molecule has 3 aromatic carbocycles. The van der Waals surface area contributed by atoms with Gasteiger partial charge < -0.3 is 15.7 Å². The van der Waals surface area contributed by atoms with Gasteiger partial charge in [0.15, 0.2) is 0 Å². The Morgan fingerprint density at radius 3 is 2.37 bits per heavy atom. The first-order chi connectivity index (χ1) is 13.0. The average molecular weight is 362 g/mol. The van der Waals surface area contributed by atoms with E-state index in [2.05, 4.69) is 10.6 Å². The Morgan fingerprint density at radius 1 is 0.889 bits per heavy atom. The van der Waals surface area contributed by atoms with Crippen molar-refractivity contribution in [2.75, 3.05) is 5.32 Å². The smallest absolute Gasteiger partial charge is 0.313 e. The molecule has 3 N–H and O–H groups in total. The van der Waals surface area contributed by atoms with Crippen molar-refractivity contribution in [2.45, 2.75) is 25.8 Å². The van der Waals surface area contributed by atoms with E-state index in [1.165, 1.54) is 5.56 Å². The van der Waals surface area contributed by atoms with Crippen molar-refractivity contribution in [3.05, 3.63) is 72.3 Å². The van der Waals surface area contributed by atoms with Gasteiger partial charge in [-0.05, 0) is 37.5 Å². The molecule has 1 atom stereocenters. The second-order valence-corrected chi connectivity index (χ2v) is 6.53. The SMILES string of the molecule is CC(CCc1ccccc1)NC(=O)C(=O)Nc1cccc2c(O)cccc12. The topological polar surface area (TPSA) is 78.4 Å². The van der Waals surface area contributed by atoms with Gasteiger partial charge in [0.1, 0.15) is 5.75 Å². The molecule has 0 spiro atoms. The molecule has 3 aromatic rings. The zero-order valence-corrected chi connectivity index (χ0v) is 15.1. The van der Waals surface area contributed by atoms with Crippen LogP contribution >= 0.6 is 0 Å². The number of nitrogens with one attached hydrogen (secondary N) is 2. The van der Waals surface area contributed by atoms with Crippen molar-refractivity contribution in [3.63, 3.8) is 0 Å². The summed E-state index contributed by atoms with van der Waals surface area (Å²) in [7, 11) is 0. The molecular weight excluding hydrogens is 340 g/mol. The maximum atomic E-state index is 12.3. The van der Waals surface area contributed by atoms with Crippen molar-refractivity contribution < 1.29 is 14.7 Å². The van der Waals surface area contributed by atoms with Crippen LogP contribution in [0.2, 0.25) is 0 Å². The fraction of sp³-hybridized carbons (Fsp3) is 0.182. The van der Waals surface area contributed by atoms with Gasteiger partial charge in [0.05, 0.1) is 0 Å². The van der Waals surface area contributed by atoms with Crippen molar-refractivity contribution in [1.82, 2.24) is 5.32 Å². The van der Waals surface area contributed by atoms with E-state index in [1.807, 2.05) is 37.3 Å². The minimum Gasteiger partial charge on any atom is -0.507 e. The second kappa shape index (κ2) is 8.36. The quantitative estimate of drug-likeness (QED) is 0.607. The van der Waals surface area contributed by atoms with Crippen LogP contribution < -0.4 is 10.6 Å². The molecule has 0 aliphatic rings. The maximum absolute atomic E-state index is 12.3. The summed E-state index contributed by atoms with van der Waals surface area (Å²) in [5.74, 6) is -1.27. The predicted molar refractivity (Wildman–Crippen MR) is 107 cm³/mol. The van der Waals surface area contributed by atoms with Crippen molar-refractivity contribution in [1.29, 1.82) is 0 Å². The van der Waals surface area contributed by atoms with E-state index in [0.717, 1.165) is 12.8 Å². The van der Waals surface area contributed by atoms with Gasteiger partial charge in [-0.1, -0.05) is 54.6 Å². The van der Waals surface area contributed by atoms with E-state index < -0.39 is 11.8 Å². The molecular formula is C22H22N2O3. The summed E-state index contributed by atoms with van der Waals surface area (Å²) in [6.45, 7) is 1.88. The number of fused-ring (bicyclic) bond motifs is 1. The summed E-state index contributed by atoms with van der Waals surface area (Å²) in [5, 5.41) is 16.6. The van der Waals surface area contributed by atoms with Crippen LogP contribution in [0.4, 0.5) is 5.69 Å². The minimum absolute atomic E-state index is 0.125. The monoisotopic (exact) mass is 362 g/mol. The Balaban J connectivity index is 1.59. The van der Waals surface area contributed by atoms with Gasteiger partial charge in [-0.2, -0.15) is 0 Å². The van der Waals surface area contributed by atoms with Crippen molar-refractivity contribution in [2.24, 2.45) is 0 Å². The molecule has 0 radical (unpaired) electrons.